The molecule has 0 aliphatic carbocycles. The van der Waals surface area contributed by atoms with E-state index in [1.54, 1.807) is 0 Å². The van der Waals surface area contributed by atoms with Gasteiger partial charge in [-0.25, -0.2) is 0 Å². The number of amides is 1. The second-order valence-corrected chi connectivity index (χ2v) is 5.54. The minimum absolute atomic E-state index is 0.0538. The van der Waals surface area contributed by atoms with Gasteiger partial charge in [0, 0.05) is 16.6 Å². The highest BCUT2D eigenvalue weighted by Crippen LogP contribution is 2.37. The van der Waals surface area contributed by atoms with Crippen LogP contribution in [0, 0.1) is 0 Å². The number of anilines is 1. The molecule has 1 N–H and O–H groups in total. The molecule has 0 radical (unpaired) electrons. The van der Waals surface area contributed by atoms with Crippen LogP contribution in [-0.2, 0) is 10.2 Å². The molecule has 3 heteroatoms. The van der Waals surface area contributed by atoms with E-state index in [0.717, 1.165) is 16.6 Å². The molecule has 1 aromatic carbocycles. The van der Waals surface area contributed by atoms with Crippen molar-refractivity contribution in [1.29, 1.82) is 0 Å². The number of carbonyl (C=O) groups is 1. The molecule has 0 bridgehead atoms. The first-order valence-electron chi connectivity index (χ1n) is 5.09. The Hall–Kier alpha value is -0.830. The van der Waals surface area contributed by atoms with Crippen molar-refractivity contribution < 1.29 is 4.79 Å². The fourth-order valence-corrected chi connectivity index (χ4v) is 2.32. The molecule has 1 aliphatic heterocycles. The Morgan fingerprint density at radius 1 is 1.40 bits per heavy atom. The van der Waals surface area contributed by atoms with E-state index in [9.17, 15) is 4.79 Å². The van der Waals surface area contributed by atoms with Gasteiger partial charge in [-0.2, -0.15) is 0 Å². The van der Waals surface area contributed by atoms with E-state index in [-0.39, 0.29) is 11.3 Å². The first-order chi connectivity index (χ1) is 6.99. The Morgan fingerprint density at radius 2 is 2.13 bits per heavy atom. The zero-order valence-corrected chi connectivity index (χ0v) is 10.5. The van der Waals surface area contributed by atoms with Gasteiger partial charge in [-0.15, -0.1) is 0 Å². The number of fused-ring (bicyclic) bond motifs is 1. The molecule has 2 nitrogen and oxygen atoms in total. The monoisotopic (exact) mass is 267 g/mol. The number of benzene rings is 1. The summed E-state index contributed by atoms with van der Waals surface area (Å²) in [6.07, 6.45) is 1.49. The highest BCUT2D eigenvalue weighted by molar-refractivity contribution is 9.10. The summed E-state index contributed by atoms with van der Waals surface area (Å²) in [4.78, 5) is 11.5. The molecule has 1 amide bonds. The second kappa shape index (κ2) is 3.63. The smallest absolute Gasteiger partial charge is 0.224 e. The van der Waals surface area contributed by atoms with Crippen molar-refractivity contribution in [1.82, 2.24) is 0 Å². The van der Waals surface area contributed by atoms with Gasteiger partial charge in [0.05, 0.1) is 0 Å². The summed E-state index contributed by atoms with van der Waals surface area (Å²) in [7, 11) is 0. The Kier molecular flexibility index (Phi) is 2.59. The van der Waals surface area contributed by atoms with E-state index in [2.05, 4.69) is 41.2 Å². The summed E-state index contributed by atoms with van der Waals surface area (Å²) in [5.41, 5.74) is 2.21. The summed E-state index contributed by atoms with van der Waals surface area (Å²) in [6, 6.07) is 6.02. The molecule has 80 valence electrons. The van der Waals surface area contributed by atoms with Gasteiger partial charge >= 0.3 is 0 Å². The fourth-order valence-electron chi connectivity index (χ4n) is 1.96. The van der Waals surface area contributed by atoms with Crippen LogP contribution in [0.15, 0.2) is 22.7 Å². The van der Waals surface area contributed by atoms with Crippen LogP contribution in [0.1, 0.15) is 32.3 Å². The number of hydrogen-bond donors (Lipinski definition) is 1. The zero-order valence-electron chi connectivity index (χ0n) is 8.93. The number of nitrogens with one attached hydrogen (secondary N) is 1. The first-order valence-corrected chi connectivity index (χ1v) is 5.88. The molecule has 1 aromatic rings. The third-order valence-electron chi connectivity index (χ3n) is 2.96. The van der Waals surface area contributed by atoms with Gasteiger partial charge in [0.2, 0.25) is 5.91 Å². The number of halogens is 1. The highest BCUT2D eigenvalue weighted by atomic mass is 79.9. The molecule has 15 heavy (non-hydrogen) atoms. The van der Waals surface area contributed by atoms with E-state index in [1.807, 2.05) is 12.1 Å². The third kappa shape index (κ3) is 2.07. The predicted molar refractivity (Wildman–Crippen MR) is 65.0 cm³/mol. The van der Waals surface area contributed by atoms with Crippen molar-refractivity contribution in [2.75, 3.05) is 5.32 Å². The van der Waals surface area contributed by atoms with Crippen LogP contribution in [0.4, 0.5) is 5.69 Å². The molecule has 0 spiro atoms. The van der Waals surface area contributed by atoms with Crippen LogP contribution in [0.25, 0.3) is 0 Å². The normalized spacial score (nSPS) is 19.0. The van der Waals surface area contributed by atoms with Crippen molar-refractivity contribution in [3.05, 3.63) is 28.2 Å². The Bertz CT molecular complexity index is 412. The van der Waals surface area contributed by atoms with Gasteiger partial charge < -0.3 is 5.32 Å². The molecule has 0 saturated heterocycles. The lowest BCUT2D eigenvalue weighted by Crippen LogP contribution is -2.16. The van der Waals surface area contributed by atoms with Crippen LogP contribution < -0.4 is 5.32 Å². The molecule has 0 aromatic heterocycles. The van der Waals surface area contributed by atoms with Crippen molar-refractivity contribution in [2.45, 2.75) is 32.1 Å². The molecule has 0 atom stereocenters. The highest BCUT2D eigenvalue weighted by Gasteiger charge is 2.28. The number of carbonyl (C=O) groups excluding carboxylic acids is 1. The molecule has 0 unspecified atom stereocenters. The molecule has 2 rings (SSSR count). The van der Waals surface area contributed by atoms with Crippen LogP contribution >= 0.6 is 15.9 Å². The van der Waals surface area contributed by atoms with Gasteiger partial charge in [-0.1, -0.05) is 29.8 Å². The van der Waals surface area contributed by atoms with Gasteiger partial charge in [0.25, 0.3) is 0 Å². The summed E-state index contributed by atoms with van der Waals surface area (Å²) in [5, 5.41) is 2.95. The molecular weight excluding hydrogens is 254 g/mol. The summed E-state index contributed by atoms with van der Waals surface area (Å²) in [5.74, 6) is 0.115. The number of rotatable bonds is 0. The minimum Gasteiger partial charge on any atom is -0.326 e. The van der Waals surface area contributed by atoms with Crippen molar-refractivity contribution >= 4 is 27.5 Å². The maximum atomic E-state index is 11.5. The maximum absolute atomic E-state index is 11.5. The topological polar surface area (TPSA) is 29.1 Å². The van der Waals surface area contributed by atoms with Crippen molar-refractivity contribution in [3.8, 4) is 0 Å². The Labute approximate surface area is 98.2 Å². The van der Waals surface area contributed by atoms with Gasteiger partial charge in [0.1, 0.15) is 0 Å². The SMILES string of the molecule is CC1(C)CCC(=O)Nc2ccc(Br)cc21. The average molecular weight is 268 g/mol. The number of hydrogen-bond acceptors (Lipinski definition) is 1. The lowest BCUT2D eigenvalue weighted by molar-refractivity contribution is -0.116. The standard InChI is InChI=1S/C12H14BrNO/c1-12(2)6-5-11(15)14-10-4-3-8(13)7-9(10)12/h3-4,7H,5-6H2,1-2H3,(H,14,15). The maximum Gasteiger partial charge on any atom is 0.224 e. The van der Waals surface area contributed by atoms with Crippen LogP contribution in [0.5, 0.6) is 0 Å². The summed E-state index contributed by atoms with van der Waals surface area (Å²) >= 11 is 3.47. The lowest BCUT2D eigenvalue weighted by atomic mass is 9.80. The molecular formula is C12H14BrNO. The molecule has 0 saturated carbocycles. The van der Waals surface area contributed by atoms with E-state index in [1.165, 1.54) is 5.56 Å². The van der Waals surface area contributed by atoms with Crippen LogP contribution in [-0.4, -0.2) is 5.91 Å². The zero-order chi connectivity index (χ0) is 11.1. The van der Waals surface area contributed by atoms with E-state index in [0.29, 0.717) is 6.42 Å². The summed E-state index contributed by atoms with van der Waals surface area (Å²) in [6.45, 7) is 4.36. The van der Waals surface area contributed by atoms with Gasteiger partial charge in [-0.3, -0.25) is 4.79 Å². The van der Waals surface area contributed by atoms with Crippen molar-refractivity contribution in [2.24, 2.45) is 0 Å². The van der Waals surface area contributed by atoms with Crippen LogP contribution in [0.2, 0.25) is 0 Å². The minimum atomic E-state index is 0.0538. The predicted octanol–water partition coefficient (Wildman–Crippen LogP) is 3.46. The summed E-state index contributed by atoms with van der Waals surface area (Å²) < 4.78 is 1.06. The second-order valence-electron chi connectivity index (χ2n) is 4.62. The lowest BCUT2D eigenvalue weighted by Gasteiger charge is -2.24. The van der Waals surface area contributed by atoms with Crippen LogP contribution in [0.3, 0.4) is 0 Å². The Morgan fingerprint density at radius 3 is 2.87 bits per heavy atom. The van der Waals surface area contributed by atoms with Crippen molar-refractivity contribution in [3.63, 3.8) is 0 Å². The third-order valence-corrected chi connectivity index (χ3v) is 3.46. The van der Waals surface area contributed by atoms with E-state index < -0.39 is 0 Å². The molecule has 0 fully saturated rings. The first kappa shape index (κ1) is 10.7. The quantitative estimate of drug-likeness (QED) is 0.767. The van der Waals surface area contributed by atoms with Gasteiger partial charge in [0.15, 0.2) is 0 Å². The average Bonchev–Trinajstić information content (AvgIpc) is 2.27. The molecule has 1 aliphatic rings. The van der Waals surface area contributed by atoms with E-state index in [4.69, 9.17) is 0 Å². The molecule has 1 heterocycles. The Balaban J connectivity index is 2.56. The van der Waals surface area contributed by atoms with E-state index >= 15 is 0 Å². The van der Waals surface area contributed by atoms with Gasteiger partial charge in [-0.05, 0) is 35.6 Å². The largest absolute Gasteiger partial charge is 0.326 e. The fraction of sp³-hybridized carbons (Fsp3) is 0.417.